The summed E-state index contributed by atoms with van der Waals surface area (Å²) >= 11 is 4.88. The van der Waals surface area contributed by atoms with Crippen molar-refractivity contribution in [2.24, 2.45) is 0 Å². The maximum atomic E-state index is 12.1. The molecule has 30 heavy (non-hydrogen) atoms. The van der Waals surface area contributed by atoms with Crippen molar-refractivity contribution in [1.29, 1.82) is 0 Å². The first-order valence-corrected chi connectivity index (χ1v) is 11.3. The summed E-state index contributed by atoms with van der Waals surface area (Å²) in [5.74, 6) is 0.594. The molecule has 0 radical (unpaired) electrons. The lowest BCUT2D eigenvalue weighted by Gasteiger charge is -2.22. The molecule has 0 unspecified atom stereocenters. The molecule has 1 heterocycles. The average Bonchev–Trinajstić information content (AvgIpc) is 3.26. The summed E-state index contributed by atoms with van der Waals surface area (Å²) in [4.78, 5) is 19.2. The molecule has 3 aromatic rings. The van der Waals surface area contributed by atoms with Gasteiger partial charge in [0.15, 0.2) is 5.13 Å². The lowest BCUT2D eigenvalue weighted by atomic mass is 10.2. The van der Waals surface area contributed by atoms with Crippen LogP contribution in [0.25, 0.3) is 0 Å². The Labute approximate surface area is 188 Å². The van der Waals surface area contributed by atoms with Crippen molar-refractivity contribution >= 4 is 38.3 Å². The minimum absolute atomic E-state index is 0.0901. The van der Waals surface area contributed by atoms with Gasteiger partial charge in [0.05, 0.1) is 12.8 Å². The Morgan fingerprint density at radius 1 is 1.27 bits per heavy atom. The molecule has 0 spiro atoms. The number of halogens is 1. The summed E-state index contributed by atoms with van der Waals surface area (Å²) in [5, 5.41) is 12.3. The average molecular weight is 490 g/mol. The van der Waals surface area contributed by atoms with E-state index in [1.807, 2.05) is 48.5 Å². The van der Waals surface area contributed by atoms with Crippen LogP contribution in [-0.2, 0) is 13.2 Å². The highest BCUT2D eigenvalue weighted by atomic mass is 79.9. The zero-order valence-electron chi connectivity index (χ0n) is 16.7. The van der Waals surface area contributed by atoms with Crippen LogP contribution in [0.4, 0.5) is 5.13 Å². The Morgan fingerprint density at radius 3 is 2.80 bits per heavy atom. The van der Waals surface area contributed by atoms with E-state index in [1.54, 1.807) is 6.20 Å². The highest BCUT2D eigenvalue weighted by molar-refractivity contribution is 9.10. The summed E-state index contributed by atoms with van der Waals surface area (Å²) in [6.45, 7) is 4.02. The lowest BCUT2D eigenvalue weighted by Crippen LogP contribution is -2.25. The molecule has 0 atom stereocenters. The molecule has 0 aliphatic carbocycles. The van der Waals surface area contributed by atoms with Crippen LogP contribution in [-0.4, -0.2) is 35.7 Å². The predicted octanol–water partition coefficient (Wildman–Crippen LogP) is 4.23. The molecule has 2 N–H and O–H groups in total. The van der Waals surface area contributed by atoms with Crippen LogP contribution in [0.2, 0.25) is 0 Å². The number of nitrogens with one attached hydrogen (secondary N) is 1. The molecule has 0 fully saturated rings. The van der Waals surface area contributed by atoms with E-state index in [-0.39, 0.29) is 19.1 Å². The molecule has 0 bridgehead atoms. The van der Waals surface area contributed by atoms with Crippen LogP contribution < -0.4 is 15.0 Å². The summed E-state index contributed by atoms with van der Waals surface area (Å²) in [6.07, 6.45) is 1.57. The van der Waals surface area contributed by atoms with Gasteiger partial charge < -0.3 is 20.1 Å². The third-order valence-electron chi connectivity index (χ3n) is 4.39. The maximum Gasteiger partial charge on any atom is 0.263 e. The molecule has 3 rings (SSSR count). The number of hydrogen-bond donors (Lipinski definition) is 2. The number of benzene rings is 2. The molecule has 0 saturated heterocycles. The van der Waals surface area contributed by atoms with Crippen molar-refractivity contribution in [2.45, 2.75) is 20.1 Å². The van der Waals surface area contributed by atoms with Gasteiger partial charge in [-0.25, -0.2) is 4.98 Å². The van der Waals surface area contributed by atoms with Crippen LogP contribution in [0.5, 0.6) is 5.75 Å². The van der Waals surface area contributed by atoms with Gasteiger partial charge >= 0.3 is 0 Å². The fourth-order valence-corrected chi connectivity index (χ4v) is 4.14. The molecule has 2 aromatic carbocycles. The first-order valence-electron chi connectivity index (χ1n) is 9.65. The van der Waals surface area contributed by atoms with Crippen molar-refractivity contribution < 1.29 is 14.6 Å². The third kappa shape index (κ3) is 6.04. The molecular weight excluding hydrogens is 466 g/mol. The van der Waals surface area contributed by atoms with Crippen LogP contribution >= 0.6 is 27.3 Å². The Bertz CT molecular complexity index is 965. The number of aliphatic hydroxyl groups excluding tert-OH is 1. The minimum Gasteiger partial charge on any atom is -0.489 e. The number of aliphatic hydroxyl groups is 1. The number of amides is 1. The number of carbonyl (C=O) groups excluding carboxylic acids is 1. The smallest absolute Gasteiger partial charge is 0.263 e. The van der Waals surface area contributed by atoms with Crippen molar-refractivity contribution in [3.63, 3.8) is 0 Å². The van der Waals surface area contributed by atoms with E-state index in [0.717, 1.165) is 33.0 Å². The Hall–Kier alpha value is -2.42. The first kappa shape index (κ1) is 22.3. The topological polar surface area (TPSA) is 74.7 Å². The van der Waals surface area contributed by atoms with Gasteiger partial charge in [0.2, 0.25) is 0 Å². The fraction of sp³-hybridized carbons (Fsp3) is 0.273. The van der Waals surface area contributed by atoms with Gasteiger partial charge in [-0.3, -0.25) is 4.79 Å². The second kappa shape index (κ2) is 11.1. The summed E-state index contributed by atoms with van der Waals surface area (Å²) in [6, 6.07) is 16.0. The maximum absolute atomic E-state index is 12.1. The Morgan fingerprint density at radius 2 is 2.07 bits per heavy atom. The van der Waals surface area contributed by atoms with Crippen LogP contribution in [0.1, 0.15) is 27.7 Å². The van der Waals surface area contributed by atoms with Crippen LogP contribution in [0.3, 0.4) is 0 Å². The fourth-order valence-electron chi connectivity index (χ4n) is 2.84. The van der Waals surface area contributed by atoms with Crippen molar-refractivity contribution in [2.75, 3.05) is 24.6 Å². The minimum atomic E-state index is -0.224. The predicted molar refractivity (Wildman–Crippen MR) is 123 cm³/mol. The second-order valence-electron chi connectivity index (χ2n) is 6.53. The molecule has 0 aliphatic rings. The van der Waals surface area contributed by atoms with E-state index in [1.165, 1.54) is 11.3 Å². The Balaban J connectivity index is 1.74. The van der Waals surface area contributed by atoms with Crippen LogP contribution in [0, 0.1) is 0 Å². The van der Waals surface area contributed by atoms with Crippen molar-refractivity contribution in [3.8, 4) is 5.75 Å². The van der Waals surface area contributed by atoms with Gasteiger partial charge in [-0.1, -0.05) is 57.6 Å². The van der Waals surface area contributed by atoms with Crippen molar-refractivity contribution in [3.05, 3.63) is 75.2 Å². The standard InChI is InChI=1S/C22H24BrN3O3S/c1-2-26(22-25-13-20(30-22)21(28)24-10-11-27)14-17-12-18(23)8-9-19(17)29-15-16-6-4-3-5-7-16/h3-9,12-13,27H,2,10-11,14-15H2,1H3,(H,24,28). The second-order valence-corrected chi connectivity index (χ2v) is 8.45. The van der Waals surface area contributed by atoms with Gasteiger partial charge in [-0.2, -0.15) is 0 Å². The van der Waals surface area contributed by atoms with Crippen LogP contribution in [0.15, 0.2) is 59.2 Å². The van der Waals surface area contributed by atoms with Gasteiger partial charge in [0, 0.05) is 29.7 Å². The number of anilines is 1. The molecule has 0 aliphatic heterocycles. The summed E-state index contributed by atoms with van der Waals surface area (Å²) < 4.78 is 7.07. The van der Waals surface area contributed by atoms with Gasteiger partial charge in [-0.05, 0) is 30.7 Å². The molecule has 1 aromatic heterocycles. The number of hydrogen-bond acceptors (Lipinski definition) is 6. The van der Waals surface area contributed by atoms with E-state index < -0.39 is 0 Å². The zero-order chi connectivity index (χ0) is 21.3. The quantitative estimate of drug-likeness (QED) is 0.445. The highest BCUT2D eigenvalue weighted by Crippen LogP contribution is 2.29. The summed E-state index contributed by atoms with van der Waals surface area (Å²) in [7, 11) is 0. The number of nitrogens with zero attached hydrogens (tertiary/aromatic N) is 2. The molecular formula is C22H24BrN3O3S. The first-order chi connectivity index (χ1) is 14.6. The van der Waals surface area contributed by atoms with Gasteiger partial charge in [0.1, 0.15) is 17.2 Å². The molecule has 6 nitrogen and oxygen atoms in total. The molecule has 8 heteroatoms. The SMILES string of the molecule is CCN(Cc1cc(Br)ccc1OCc1ccccc1)c1ncc(C(=O)NCCO)s1. The number of carbonyl (C=O) groups is 1. The number of aromatic nitrogens is 1. The molecule has 0 saturated carbocycles. The van der Waals surface area contributed by atoms with E-state index in [0.29, 0.717) is 18.0 Å². The molecule has 158 valence electrons. The van der Waals surface area contributed by atoms with E-state index in [2.05, 4.69) is 38.1 Å². The Kier molecular flexibility index (Phi) is 8.24. The normalized spacial score (nSPS) is 10.6. The van der Waals surface area contributed by atoms with Crippen molar-refractivity contribution in [1.82, 2.24) is 10.3 Å². The van der Waals surface area contributed by atoms with Gasteiger partial charge in [-0.15, -0.1) is 0 Å². The number of rotatable bonds is 10. The molecule has 1 amide bonds. The lowest BCUT2D eigenvalue weighted by molar-refractivity contribution is 0.0948. The summed E-state index contributed by atoms with van der Waals surface area (Å²) in [5.41, 5.74) is 2.14. The number of ether oxygens (including phenoxy) is 1. The highest BCUT2D eigenvalue weighted by Gasteiger charge is 2.16. The monoisotopic (exact) mass is 489 g/mol. The van der Waals surface area contributed by atoms with Gasteiger partial charge in [0.25, 0.3) is 5.91 Å². The zero-order valence-corrected chi connectivity index (χ0v) is 19.1. The number of thiazole rings is 1. The third-order valence-corrected chi connectivity index (χ3v) is 5.94. The van der Waals surface area contributed by atoms with E-state index >= 15 is 0 Å². The largest absolute Gasteiger partial charge is 0.489 e. The van der Waals surface area contributed by atoms with E-state index in [9.17, 15) is 4.79 Å². The van der Waals surface area contributed by atoms with E-state index in [4.69, 9.17) is 9.84 Å².